The Morgan fingerprint density at radius 2 is 2.35 bits per heavy atom. The van der Waals surface area contributed by atoms with Crippen LogP contribution in [0.15, 0.2) is 22.3 Å². The van der Waals surface area contributed by atoms with Crippen molar-refractivity contribution in [1.82, 2.24) is 4.98 Å². The summed E-state index contributed by atoms with van der Waals surface area (Å²) < 4.78 is 5.81. The fourth-order valence-corrected chi connectivity index (χ4v) is 3.43. The monoisotopic (exact) mass is 336 g/mol. The Hall–Kier alpha value is -1.36. The van der Waals surface area contributed by atoms with Crippen LogP contribution in [-0.4, -0.2) is 30.6 Å². The minimum absolute atomic E-state index is 0.234. The van der Waals surface area contributed by atoms with Crippen LogP contribution in [0.4, 0.5) is 5.82 Å². The van der Waals surface area contributed by atoms with Gasteiger partial charge in [-0.1, -0.05) is 0 Å². The molecule has 3 heterocycles. The lowest BCUT2D eigenvalue weighted by Gasteiger charge is -2.29. The predicted molar refractivity (Wildman–Crippen MR) is 81.5 cm³/mol. The quantitative estimate of drug-likeness (QED) is 0.739. The molecule has 0 aliphatic carbocycles. The van der Waals surface area contributed by atoms with Gasteiger partial charge in [0.25, 0.3) is 0 Å². The van der Waals surface area contributed by atoms with Gasteiger partial charge >= 0.3 is 5.97 Å². The lowest BCUT2D eigenvalue weighted by molar-refractivity contribution is -0.136. The van der Waals surface area contributed by atoms with Gasteiger partial charge in [0.1, 0.15) is 5.82 Å². The van der Waals surface area contributed by atoms with Crippen LogP contribution in [0.1, 0.15) is 31.2 Å². The number of carbonyl (C=O) groups excluding carboxylic acids is 1. The van der Waals surface area contributed by atoms with Crippen LogP contribution in [0.2, 0.25) is 0 Å². The van der Waals surface area contributed by atoms with E-state index in [9.17, 15) is 4.79 Å². The second-order valence-corrected chi connectivity index (χ2v) is 6.17. The molecular weight excluding hydrogens is 320 g/mol. The van der Waals surface area contributed by atoms with E-state index in [-0.39, 0.29) is 5.97 Å². The van der Waals surface area contributed by atoms with Crippen LogP contribution in [-0.2, 0) is 9.53 Å². The lowest BCUT2D eigenvalue weighted by Crippen LogP contribution is -2.31. The van der Waals surface area contributed by atoms with Gasteiger partial charge in [-0.25, -0.2) is 9.78 Å². The van der Waals surface area contributed by atoms with Crippen molar-refractivity contribution in [3.63, 3.8) is 0 Å². The average Bonchev–Trinajstić information content (AvgIpc) is 2.88. The highest BCUT2D eigenvalue weighted by atomic mass is 79.9. The van der Waals surface area contributed by atoms with E-state index in [4.69, 9.17) is 4.74 Å². The van der Waals surface area contributed by atoms with Gasteiger partial charge in [-0.3, -0.25) is 0 Å². The molecule has 1 unspecified atom stereocenters. The molecule has 1 saturated heterocycles. The van der Waals surface area contributed by atoms with E-state index in [1.165, 1.54) is 20.0 Å². The number of esters is 1. The van der Waals surface area contributed by atoms with E-state index in [1.54, 1.807) is 0 Å². The van der Waals surface area contributed by atoms with E-state index in [0.717, 1.165) is 40.8 Å². The highest BCUT2D eigenvalue weighted by Crippen LogP contribution is 2.35. The summed E-state index contributed by atoms with van der Waals surface area (Å²) in [6.45, 7) is 1.05. The van der Waals surface area contributed by atoms with E-state index in [0.29, 0.717) is 6.04 Å². The summed E-state index contributed by atoms with van der Waals surface area (Å²) in [7, 11) is 1.43. The molecule has 0 spiro atoms. The summed E-state index contributed by atoms with van der Waals surface area (Å²) in [5, 5.41) is 0. The highest BCUT2D eigenvalue weighted by molar-refractivity contribution is 9.10. The molecular formula is C15H17BrN2O2. The Morgan fingerprint density at radius 1 is 1.50 bits per heavy atom. The minimum atomic E-state index is -0.234. The number of rotatable bonds is 1. The number of ether oxygens (including phenoxy) is 1. The van der Waals surface area contributed by atoms with Crippen molar-refractivity contribution in [3.05, 3.63) is 27.9 Å². The molecule has 0 radical (unpaired) electrons. The summed E-state index contributed by atoms with van der Waals surface area (Å²) in [6, 6.07) is 2.50. The number of anilines is 1. The Morgan fingerprint density at radius 3 is 3.15 bits per heavy atom. The molecule has 106 valence electrons. The number of aromatic nitrogens is 1. The number of nitrogens with zero attached hydrogens (tertiary/aromatic N) is 2. The largest absolute Gasteiger partial charge is 0.466 e. The third-order valence-electron chi connectivity index (χ3n) is 4.04. The van der Waals surface area contributed by atoms with Crippen molar-refractivity contribution in [2.75, 3.05) is 18.6 Å². The number of carbonyl (C=O) groups is 1. The van der Waals surface area contributed by atoms with Gasteiger partial charge in [-0.2, -0.15) is 0 Å². The molecule has 3 rings (SSSR count). The van der Waals surface area contributed by atoms with Gasteiger partial charge in [-0.15, -0.1) is 0 Å². The number of pyridine rings is 1. The third-order valence-corrected chi connectivity index (χ3v) is 4.47. The first-order valence-electron chi connectivity index (χ1n) is 6.90. The van der Waals surface area contributed by atoms with Gasteiger partial charge in [0.2, 0.25) is 0 Å². The fraction of sp³-hybridized carbons (Fsp3) is 0.467. The number of methoxy groups -OCH3 is 1. The van der Waals surface area contributed by atoms with Gasteiger partial charge in [-0.05, 0) is 53.8 Å². The molecule has 1 atom stereocenters. The summed E-state index contributed by atoms with van der Waals surface area (Å²) >= 11 is 3.46. The lowest BCUT2D eigenvalue weighted by atomic mass is 9.99. The third kappa shape index (κ3) is 2.46. The Kier molecular flexibility index (Phi) is 3.78. The molecule has 0 bridgehead atoms. The summed E-state index contributed by atoms with van der Waals surface area (Å²) in [6.07, 6.45) is 7.86. The summed E-state index contributed by atoms with van der Waals surface area (Å²) in [5.74, 6) is 0.749. The molecule has 1 fully saturated rings. The maximum atomic E-state index is 11.9. The number of hydrogen-bond donors (Lipinski definition) is 0. The summed E-state index contributed by atoms with van der Waals surface area (Å²) in [5.41, 5.74) is 1.73. The van der Waals surface area contributed by atoms with Crippen molar-refractivity contribution in [1.29, 1.82) is 0 Å². The van der Waals surface area contributed by atoms with Crippen LogP contribution >= 0.6 is 15.9 Å². The van der Waals surface area contributed by atoms with E-state index in [2.05, 4.69) is 25.8 Å². The molecule has 0 amide bonds. The average molecular weight is 337 g/mol. The molecule has 4 nitrogen and oxygen atoms in total. The molecule has 2 aliphatic heterocycles. The number of hydrogen-bond acceptors (Lipinski definition) is 4. The van der Waals surface area contributed by atoms with Crippen LogP contribution < -0.4 is 4.90 Å². The van der Waals surface area contributed by atoms with E-state index in [1.807, 2.05) is 18.3 Å². The molecule has 0 saturated carbocycles. The Labute approximate surface area is 127 Å². The zero-order chi connectivity index (χ0) is 14.1. The summed E-state index contributed by atoms with van der Waals surface area (Å²) in [4.78, 5) is 18.8. The van der Waals surface area contributed by atoms with E-state index < -0.39 is 0 Å². The minimum Gasteiger partial charge on any atom is -0.466 e. The molecule has 20 heavy (non-hydrogen) atoms. The molecule has 0 aromatic carbocycles. The second kappa shape index (κ2) is 5.56. The smallest absolute Gasteiger partial charge is 0.333 e. The standard InChI is InChI=1S/C15H17BrN2O2/c1-20-15(19)10-4-5-13-3-2-6-18(13)14-11(7-10)8-12(16)9-17-14/h7-9,13H,2-6H2,1H3. The van der Waals surface area contributed by atoms with Crippen LogP contribution in [0.25, 0.3) is 6.08 Å². The van der Waals surface area contributed by atoms with Gasteiger partial charge in [0, 0.05) is 34.4 Å². The molecule has 0 N–H and O–H groups in total. The van der Waals surface area contributed by atoms with Crippen molar-refractivity contribution in [3.8, 4) is 0 Å². The predicted octanol–water partition coefficient (Wildman–Crippen LogP) is 3.16. The molecule has 1 aromatic rings. The van der Waals surface area contributed by atoms with Crippen molar-refractivity contribution < 1.29 is 9.53 Å². The molecule has 5 heteroatoms. The van der Waals surface area contributed by atoms with Crippen LogP contribution in [0.5, 0.6) is 0 Å². The van der Waals surface area contributed by atoms with Gasteiger partial charge in [0.15, 0.2) is 0 Å². The first-order valence-corrected chi connectivity index (χ1v) is 7.69. The van der Waals surface area contributed by atoms with E-state index >= 15 is 0 Å². The number of fused-ring (bicyclic) bond motifs is 3. The zero-order valence-corrected chi connectivity index (χ0v) is 13.0. The second-order valence-electron chi connectivity index (χ2n) is 5.26. The topological polar surface area (TPSA) is 42.4 Å². The maximum absolute atomic E-state index is 11.9. The van der Waals surface area contributed by atoms with Crippen molar-refractivity contribution in [2.24, 2.45) is 0 Å². The molecule has 2 aliphatic rings. The SMILES string of the molecule is COC(=O)C1=Cc2cc(Br)cnc2N2CCCC2CC1. The van der Waals surface area contributed by atoms with Gasteiger partial charge < -0.3 is 9.64 Å². The first-order chi connectivity index (χ1) is 9.69. The maximum Gasteiger partial charge on any atom is 0.333 e. The molecule has 1 aromatic heterocycles. The zero-order valence-electron chi connectivity index (χ0n) is 11.4. The van der Waals surface area contributed by atoms with Crippen LogP contribution in [0.3, 0.4) is 0 Å². The Balaban J connectivity index is 2.09. The highest BCUT2D eigenvalue weighted by Gasteiger charge is 2.29. The fourth-order valence-electron chi connectivity index (χ4n) is 3.08. The number of halogens is 1. The van der Waals surface area contributed by atoms with Crippen molar-refractivity contribution >= 4 is 33.8 Å². The Bertz CT molecular complexity index is 571. The van der Waals surface area contributed by atoms with Crippen molar-refractivity contribution in [2.45, 2.75) is 31.7 Å². The first kappa shape index (κ1) is 13.6. The normalized spacial score (nSPS) is 21.4. The van der Waals surface area contributed by atoms with Gasteiger partial charge in [0.05, 0.1) is 7.11 Å². The van der Waals surface area contributed by atoms with Crippen LogP contribution in [0, 0.1) is 0 Å².